The molecular weight excluding hydrogens is 327 g/mol. The van der Waals surface area contributed by atoms with Gasteiger partial charge in [-0.3, -0.25) is 9.59 Å². The average molecular weight is 347 g/mol. The van der Waals surface area contributed by atoms with E-state index in [0.29, 0.717) is 15.6 Å². The van der Waals surface area contributed by atoms with Crippen molar-refractivity contribution in [2.45, 2.75) is 26.4 Å². The minimum Gasteiger partial charge on any atom is -0.388 e. The van der Waals surface area contributed by atoms with Crippen molar-refractivity contribution in [3.05, 3.63) is 33.8 Å². The molecule has 7 heteroatoms. The summed E-state index contributed by atoms with van der Waals surface area (Å²) in [5, 5.41) is 16.0. The SMILES string of the molecule is CNC(=O)C(C)(C)CNC(=O)C[C@H](O)c1cc(Cl)cc(Cl)c1. The summed E-state index contributed by atoms with van der Waals surface area (Å²) in [5.41, 5.74) is -0.257. The Morgan fingerprint density at radius 1 is 1.23 bits per heavy atom. The van der Waals surface area contributed by atoms with Gasteiger partial charge >= 0.3 is 0 Å². The van der Waals surface area contributed by atoms with E-state index in [0.717, 1.165) is 0 Å². The lowest BCUT2D eigenvalue weighted by molar-refractivity contribution is -0.129. The van der Waals surface area contributed by atoms with Crippen LogP contribution >= 0.6 is 23.2 Å². The maximum Gasteiger partial charge on any atom is 0.227 e. The molecule has 1 rings (SSSR count). The number of benzene rings is 1. The minimum absolute atomic E-state index is 0.138. The first-order chi connectivity index (χ1) is 10.2. The van der Waals surface area contributed by atoms with Gasteiger partial charge in [-0.15, -0.1) is 0 Å². The van der Waals surface area contributed by atoms with Crippen molar-refractivity contribution < 1.29 is 14.7 Å². The number of rotatable bonds is 6. The number of nitrogens with one attached hydrogen (secondary N) is 2. The van der Waals surface area contributed by atoms with Crippen LogP contribution in [0.2, 0.25) is 10.0 Å². The lowest BCUT2D eigenvalue weighted by Gasteiger charge is -2.23. The van der Waals surface area contributed by atoms with Crippen molar-refractivity contribution in [1.82, 2.24) is 10.6 Å². The largest absolute Gasteiger partial charge is 0.388 e. The van der Waals surface area contributed by atoms with Crippen molar-refractivity contribution >= 4 is 35.0 Å². The van der Waals surface area contributed by atoms with Crippen LogP contribution in [0.5, 0.6) is 0 Å². The fourth-order valence-corrected chi connectivity index (χ4v) is 2.41. The van der Waals surface area contributed by atoms with E-state index in [1.165, 1.54) is 0 Å². The van der Waals surface area contributed by atoms with Gasteiger partial charge < -0.3 is 15.7 Å². The smallest absolute Gasteiger partial charge is 0.227 e. The number of amides is 2. The van der Waals surface area contributed by atoms with Crippen LogP contribution in [0, 0.1) is 5.41 Å². The zero-order chi connectivity index (χ0) is 16.9. The Bertz CT molecular complexity index is 541. The number of hydrogen-bond donors (Lipinski definition) is 3. The van der Waals surface area contributed by atoms with Crippen LogP contribution in [0.4, 0.5) is 0 Å². The molecule has 0 heterocycles. The van der Waals surface area contributed by atoms with E-state index in [-0.39, 0.29) is 24.8 Å². The summed E-state index contributed by atoms with van der Waals surface area (Å²) >= 11 is 11.7. The Morgan fingerprint density at radius 3 is 2.27 bits per heavy atom. The minimum atomic E-state index is -1.01. The highest BCUT2D eigenvalue weighted by molar-refractivity contribution is 6.34. The van der Waals surface area contributed by atoms with Crippen LogP contribution in [0.15, 0.2) is 18.2 Å². The van der Waals surface area contributed by atoms with Crippen LogP contribution in [-0.2, 0) is 9.59 Å². The lowest BCUT2D eigenvalue weighted by Crippen LogP contribution is -2.43. The van der Waals surface area contributed by atoms with Gasteiger partial charge in [-0.25, -0.2) is 0 Å². The molecule has 1 aromatic carbocycles. The van der Waals surface area contributed by atoms with E-state index in [1.54, 1.807) is 39.1 Å². The lowest BCUT2D eigenvalue weighted by atomic mass is 9.92. The Balaban J connectivity index is 2.59. The van der Waals surface area contributed by atoms with E-state index in [1.807, 2.05) is 0 Å². The summed E-state index contributed by atoms with van der Waals surface area (Å²) in [6.45, 7) is 3.62. The van der Waals surface area contributed by atoms with E-state index >= 15 is 0 Å². The molecule has 0 unspecified atom stereocenters. The molecule has 0 fully saturated rings. The van der Waals surface area contributed by atoms with E-state index in [2.05, 4.69) is 10.6 Å². The summed E-state index contributed by atoms with van der Waals surface area (Å²) < 4.78 is 0. The molecule has 0 aliphatic carbocycles. The zero-order valence-corrected chi connectivity index (χ0v) is 14.3. The predicted molar refractivity (Wildman–Crippen MR) is 86.9 cm³/mol. The number of hydrogen-bond acceptors (Lipinski definition) is 3. The number of carbonyl (C=O) groups excluding carboxylic acids is 2. The highest BCUT2D eigenvalue weighted by Crippen LogP contribution is 2.25. The molecule has 1 atom stereocenters. The van der Waals surface area contributed by atoms with Crippen molar-refractivity contribution in [2.75, 3.05) is 13.6 Å². The zero-order valence-electron chi connectivity index (χ0n) is 12.7. The summed E-state index contributed by atoms with van der Waals surface area (Å²) in [6.07, 6.45) is -1.15. The monoisotopic (exact) mass is 346 g/mol. The molecule has 0 spiro atoms. The third-order valence-corrected chi connectivity index (χ3v) is 3.65. The Hall–Kier alpha value is -1.30. The summed E-state index contributed by atoms with van der Waals surface area (Å²) in [5.74, 6) is -0.532. The molecule has 5 nitrogen and oxygen atoms in total. The number of aliphatic hydroxyl groups is 1. The first kappa shape index (κ1) is 18.7. The van der Waals surface area contributed by atoms with Crippen LogP contribution in [0.25, 0.3) is 0 Å². The fraction of sp³-hybridized carbons (Fsp3) is 0.467. The first-order valence-electron chi connectivity index (χ1n) is 6.78. The molecule has 0 saturated carbocycles. The molecule has 0 aliphatic heterocycles. The molecule has 0 radical (unpaired) electrons. The number of carbonyl (C=O) groups is 2. The molecular formula is C15H20Cl2N2O3. The van der Waals surface area contributed by atoms with Gasteiger partial charge in [0.1, 0.15) is 0 Å². The maximum absolute atomic E-state index is 11.9. The summed E-state index contributed by atoms with van der Waals surface area (Å²) in [6, 6.07) is 4.66. The van der Waals surface area contributed by atoms with Crippen LogP contribution in [0.1, 0.15) is 31.9 Å². The van der Waals surface area contributed by atoms with E-state index in [4.69, 9.17) is 23.2 Å². The quantitative estimate of drug-likeness (QED) is 0.739. The van der Waals surface area contributed by atoms with Crippen LogP contribution in [-0.4, -0.2) is 30.5 Å². The molecule has 2 amide bonds. The van der Waals surface area contributed by atoms with E-state index < -0.39 is 11.5 Å². The fourth-order valence-electron chi connectivity index (χ4n) is 1.87. The van der Waals surface area contributed by atoms with Crippen molar-refractivity contribution in [1.29, 1.82) is 0 Å². The molecule has 0 aromatic heterocycles. The molecule has 0 saturated heterocycles. The van der Waals surface area contributed by atoms with Gasteiger partial charge in [0.2, 0.25) is 11.8 Å². The van der Waals surface area contributed by atoms with Crippen LogP contribution in [0.3, 0.4) is 0 Å². The van der Waals surface area contributed by atoms with Gasteiger partial charge in [-0.05, 0) is 37.6 Å². The Labute approximate surface area is 140 Å². The third kappa shape index (κ3) is 5.48. The number of halogens is 2. The van der Waals surface area contributed by atoms with Crippen molar-refractivity contribution in [3.63, 3.8) is 0 Å². The topological polar surface area (TPSA) is 78.4 Å². The van der Waals surface area contributed by atoms with Gasteiger partial charge in [0.05, 0.1) is 17.9 Å². The van der Waals surface area contributed by atoms with E-state index in [9.17, 15) is 14.7 Å². The molecule has 22 heavy (non-hydrogen) atoms. The summed E-state index contributed by atoms with van der Waals surface area (Å²) in [4.78, 5) is 23.5. The molecule has 3 N–H and O–H groups in total. The second-order valence-corrected chi connectivity index (χ2v) is 6.54. The molecule has 122 valence electrons. The predicted octanol–water partition coefficient (Wildman–Crippen LogP) is 2.31. The van der Waals surface area contributed by atoms with Gasteiger partial charge in [0, 0.05) is 23.6 Å². The Morgan fingerprint density at radius 2 is 1.77 bits per heavy atom. The van der Waals surface area contributed by atoms with Crippen LogP contribution < -0.4 is 10.6 Å². The highest BCUT2D eigenvalue weighted by Gasteiger charge is 2.27. The highest BCUT2D eigenvalue weighted by atomic mass is 35.5. The normalized spacial score (nSPS) is 12.6. The summed E-state index contributed by atoms with van der Waals surface area (Å²) in [7, 11) is 1.54. The maximum atomic E-state index is 11.9. The van der Waals surface area contributed by atoms with Gasteiger partial charge in [-0.1, -0.05) is 23.2 Å². The third-order valence-electron chi connectivity index (χ3n) is 3.22. The molecule has 0 aliphatic rings. The molecule has 0 bridgehead atoms. The Kier molecular flexibility index (Phi) is 6.66. The van der Waals surface area contributed by atoms with Gasteiger partial charge in [0.25, 0.3) is 0 Å². The second-order valence-electron chi connectivity index (χ2n) is 5.66. The van der Waals surface area contributed by atoms with Crippen molar-refractivity contribution in [3.8, 4) is 0 Å². The van der Waals surface area contributed by atoms with Gasteiger partial charge in [0.15, 0.2) is 0 Å². The molecule has 1 aromatic rings. The van der Waals surface area contributed by atoms with Crippen molar-refractivity contribution in [2.24, 2.45) is 5.41 Å². The van der Waals surface area contributed by atoms with Gasteiger partial charge in [-0.2, -0.15) is 0 Å². The second kappa shape index (κ2) is 7.81. The number of aliphatic hydroxyl groups excluding tert-OH is 1. The first-order valence-corrected chi connectivity index (χ1v) is 7.54. The standard InChI is InChI=1S/C15H20Cl2N2O3/c1-15(2,14(22)18-3)8-19-13(21)7-12(20)9-4-10(16)6-11(17)5-9/h4-6,12,20H,7-8H2,1-3H3,(H,18,22)(H,19,21)/t12-/m0/s1. The average Bonchev–Trinajstić information content (AvgIpc) is 2.43.